The summed E-state index contributed by atoms with van der Waals surface area (Å²) in [6.45, 7) is 6.02. The van der Waals surface area contributed by atoms with Crippen molar-refractivity contribution in [2.24, 2.45) is 5.92 Å². The summed E-state index contributed by atoms with van der Waals surface area (Å²) in [4.78, 5) is 26.9. The molecule has 0 unspecified atom stereocenters. The van der Waals surface area contributed by atoms with Crippen molar-refractivity contribution < 1.29 is 14.3 Å². The van der Waals surface area contributed by atoms with Crippen LogP contribution in [0.4, 0.5) is 10.5 Å². The van der Waals surface area contributed by atoms with Crippen molar-refractivity contribution in [1.82, 2.24) is 10.2 Å². The second-order valence-electron chi connectivity index (χ2n) is 6.63. The van der Waals surface area contributed by atoms with Crippen LogP contribution in [-0.4, -0.2) is 43.1 Å². The largest absolute Gasteiger partial charge is 0.380 e. The van der Waals surface area contributed by atoms with E-state index in [1.165, 1.54) is 0 Å². The maximum Gasteiger partial charge on any atom is 0.318 e. The predicted molar refractivity (Wildman–Crippen MR) is 98.4 cm³/mol. The van der Waals surface area contributed by atoms with Crippen LogP contribution in [0.3, 0.4) is 0 Å². The number of rotatable bonds is 7. The van der Waals surface area contributed by atoms with Crippen molar-refractivity contribution in [3.8, 4) is 0 Å². The van der Waals surface area contributed by atoms with Gasteiger partial charge in [0, 0.05) is 25.9 Å². The Kier molecular flexibility index (Phi) is 7.25. The van der Waals surface area contributed by atoms with Gasteiger partial charge in [-0.05, 0) is 36.5 Å². The fraction of sp³-hybridized carbons (Fsp3) is 0.579. The number of amides is 3. The van der Waals surface area contributed by atoms with E-state index in [9.17, 15) is 9.59 Å². The molecule has 0 radical (unpaired) electrons. The van der Waals surface area contributed by atoms with E-state index in [1.807, 2.05) is 38.1 Å². The van der Waals surface area contributed by atoms with Gasteiger partial charge in [-0.25, -0.2) is 4.79 Å². The van der Waals surface area contributed by atoms with Crippen molar-refractivity contribution in [3.63, 3.8) is 0 Å². The normalized spacial score (nSPS) is 16.4. The van der Waals surface area contributed by atoms with Gasteiger partial charge in [-0.3, -0.25) is 4.79 Å². The summed E-state index contributed by atoms with van der Waals surface area (Å²) in [5.41, 5.74) is 1.70. The van der Waals surface area contributed by atoms with Gasteiger partial charge in [0.15, 0.2) is 0 Å². The van der Waals surface area contributed by atoms with Crippen molar-refractivity contribution in [2.45, 2.75) is 45.8 Å². The van der Waals surface area contributed by atoms with Gasteiger partial charge in [-0.1, -0.05) is 32.4 Å². The minimum absolute atomic E-state index is 0.0497. The molecule has 25 heavy (non-hydrogen) atoms. The Morgan fingerprint density at radius 1 is 1.28 bits per heavy atom. The molecule has 1 fully saturated rings. The minimum atomic E-state index is -0.552. The summed E-state index contributed by atoms with van der Waals surface area (Å²) in [7, 11) is 1.64. The van der Waals surface area contributed by atoms with Gasteiger partial charge in [-0.15, -0.1) is 0 Å². The van der Waals surface area contributed by atoms with Gasteiger partial charge in [-0.2, -0.15) is 0 Å². The Labute approximate surface area is 149 Å². The van der Waals surface area contributed by atoms with Crippen LogP contribution in [0, 0.1) is 5.92 Å². The lowest BCUT2D eigenvalue weighted by Gasteiger charge is -2.26. The molecule has 6 nitrogen and oxygen atoms in total. The molecule has 1 aliphatic rings. The Hall–Kier alpha value is -2.08. The van der Waals surface area contributed by atoms with E-state index in [0.29, 0.717) is 12.3 Å². The highest BCUT2D eigenvalue weighted by atomic mass is 16.5. The van der Waals surface area contributed by atoms with Crippen LogP contribution in [0.5, 0.6) is 0 Å². The van der Waals surface area contributed by atoms with Gasteiger partial charge in [0.25, 0.3) is 0 Å². The minimum Gasteiger partial charge on any atom is -0.380 e. The third-order valence-electron chi connectivity index (χ3n) is 4.67. The number of ether oxygens (including phenoxy) is 1. The number of carbonyl (C=O) groups excluding carboxylic acids is 2. The molecule has 1 aromatic carbocycles. The third-order valence-corrected chi connectivity index (χ3v) is 4.67. The lowest BCUT2D eigenvalue weighted by atomic mass is 9.98. The Morgan fingerprint density at radius 3 is 2.64 bits per heavy atom. The summed E-state index contributed by atoms with van der Waals surface area (Å²) < 4.78 is 5.13. The number of hydrogen-bond donors (Lipinski definition) is 2. The molecular formula is C19H29N3O3. The van der Waals surface area contributed by atoms with Gasteiger partial charge < -0.3 is 20.3 Å². The molecule has 1 aliphatic heterocycles. The number of anilines is 1. The molecule has 0 bridgehead atoms. The van der Waals surface area contributed by atoms with Crippen LogP contribution < -0.4 is 10.6 Å². The number of likely N-dealkylation sites (tertiary alicyclic amines) is 1. The molecule has 0 saturated carbocycles. The van der Waals surface area contributed by atoms with E-state index < -0.39 is 6.04 Å². The van der Waals surface area contributed by atoms with Crippen LogP contribution in [0.25, 0.3) is 0 Å². The highest BCUT2D eigenvalue weighted by Gasteiger charge is 2.28. The molecule has 2 rings (SSSR count). The molecule has 0 spiro atoms. The second-order valence-corrected chi connectivity index (χ2v) is 6.63. The zero-order valence-electron chi connectivity index (χ0n) is 15.4. The smallest absolute Gasteiger partial charge is 0.318 e. The van der Waals surface area contributed by atoms with Gasteiger partial charge in [0.05, 0.1) is 6.61 Å². The van der Waals surface area contributed by atoms with Crippen LogP contribution in [-0.2, 0) is 16.1 Å². The summed E-state index contributed by atoms with van der Waals surface area (Å²) in [5, 5.41) is 5.84. The summed E-state index contributed by atoms with van der Waals surface area (Å²) in [6, 6.07) is 6.85. The fourth-order valence-electron chi connectivity index (χ4n) is 2.97. The lowest BCUT2D eigenvalue weighted by Crippen LogP contribution is -2.51. The molecule has 1 heterocycles. The molecule has 1 aromatic rings. The van der Waals surface area contributed by atoms with E-state index in [2.05, 4.69) is 10.6 Å². The number of nitrogens with one attached hydrogen (secondary N) is 2. The molecule has 2 N–H and O–H groups in total. The van der Waals surface area contributed by atoms with E-state index in [-0.39, 0.29) is 17.9 Å². The number of methoxy groups -OCH3 is 1. The summed E-state index contributed by atoms with van der Waals surface area (Å²) in [6.07, 6.45) is 2.86. The first-order valence-corrected chi connectivity index (χ1v) is 8.99. The van der Waals surface area contributed by atoms with Crippen LogP contribution in [0.2, 0.25) is 0 Å². The molecule has 1 saturated heterocycles. The zero-order valence-corrected chi connectivity index (χ0v) is 15.4. The van der Waals surface area contributed by atoms with E-state index >= 15 is 0 Å². The van der Waals surface area contributed by atoms with Crippen LogP contribution in [0.1, 0.15) is 38.7 Å². The molecular weight excluding hydrogens is 318 g/mol. The van der Waals surface area contributed by atoms with E-state index in [1.54, 1.807) is 12.0 Å². The maximum atomic E-state index is 12.8. The number of nitrogens with zero attached hydrogens (tertiary/aromatic N) is 1. The standard InChI is InChI=1S/C19H29N3O3/c1-4-14(2)17(21-19(24)22-10-5-6-11-22)18(23)20-16-9-7-8-15(12-16)13-25-3/h7-9,12,14,17H,4-6,10-11,13H2,1-3H3,(H,20,23)(H,21,24)/t14-,17-/m0/s1. The predicted octanol–water partition coefficient (Wildman–Crippen LogP) is 2.99. The van der Waals surface area contributed by atoms with Gasteiger partial charge in [0.1, 0.15) is 6.04 Å². The fourth-order valence-corrected chi connectivity index (χ4v) is 2.97. The van der Waals surface area contributed by atoms with Crippen LogP contribution >= 0.6 is 0 Å². The third kappa shape index (κ3) is 5.46. The van der Waals surface area contributed by atoms with Crippen molar-refractivity contribution in [3.05, 3.63) is 29.8 Å². The topological polar surface area (TPSA) is 70.7 Å². The Bertz CT molecular complexity index is 585. The van der Waals surface area contributed by atoms with Crippen LogP contribution in [0.15, 0.2) is 24.3 Å². The maximum absolute atomic E-state index is 12.8. The van der Waals surface area contributed by atoms with Crippen molar-refractivity contribution in [2.75, 3.05) is 25.5 Å². The van der Waals surface area contributed by atoms with E-state index in [0.717, 1.165) is 37.9 Å². The first kappa shape index (κ1) is 19.2. The molecule has 138 valence electrons. The highest BCUT2D eigenvalue weighted by Crippen LogP contribution is 2.16. The number of benzene rings is 1. The zero-order chi connectivity index (χ0) is 18.2. The van der Waals surface area contributed by atoms with Crippen molar-refractivity contribution in [1.29, 1.82) is 0 Å². The molecule has 6 heteroatoms. The van der Waals surface area contributed by atoms with Gasteiger partial charge >= 0.3 is 6.03 Å². The summed E-state index contributed by atoms with van der Waals surface area (Å²) in [5.74, 6) is -0.134. The number of carbonyl (C=O) groups is 2. The Morgan fingerprint density at radius 2 is 2.00 bits per heavy atom. The first-order chi connectivity index (χ1) is 12.0. The summed E-state index contributed by atoms with van der Waals surface area (Å²) >= 11 is 0. The molecule has 0 aromatic heterocycles. The van der Waals surface area contributed by atoms with Crippen molar-refractivity contribution >= 4 is 17.6 Å². The quantitative estimate of drug-likeness (QED) is 0.796. The Balaban J connectivity index is 2.04. The first-order valence-electron chi connectivity index (χ1n) is 8.99. The highest BCUT2D eigenvalue weighted by molar-refractivity contribution is 5.97. The average Bonchev–Trinajstić information content (AvgIpc) is 3.14. The SMILES string of the molecule is CC[C@H](C)[C@H](NC(=O)N1CCCC1)C(=O)Nc1cccc(COC)c1. The molecule has 3 amide bonds. The molecule has 0 aliphatic carbocycles. The lowest BCUT2D eigenvalue weighted by molar-refractivity contribution is -0.119. The number of hydrogen-bond acceptors (Lipinski definition) is 3. The number of urea groups is 1. The van der Waals surface area contributed by atoms with E-state index in [4.69, 9.17) is 4.74 Å². The monoisotopic (exact) mass is 347 g/mol. The van der Waals surface area contributed by atoms with Gasteiger partial charge in [0.2, 0.25) is 5.91 Å². The molecule has 2 atom stereocenters. The average molecular weight is 347 g/mol. The second kappa shape index (κ2) is 9.42.